The highest BCUT2D eigenvalue weighted by molar-refractivity contribution is 6.33. The van der Waals surface area contributed by atoms with Crippen LogP contribution in [0.15, 0.2) is 60.8 Å². The van der Waals surface area contributed by atoms with Crippen molar-refractivity contribution in [3.63, 3.8) is 0 Å². The lowest BCUT2D eigenvalue weighted by atomic mass is 10.0. The Morgan fingerprint density at radius 1 is 1.05 bits per heavy atom. The van der Waals surface area contributed by atoms with Crippen LogP contribution in [0.3, 0.4) is 0 Å². The molecule has 9 heteroatoms. The van der Waals surface area contributed by atoms with E-state index in [4.69, 9.17) is 16.9 Å². The SMILES string of the molecule is N#Cc1ccc(CN2CCC(N3CCN(c4ncc(C(=O)NCc5ccccc5F)cc4Cl)CC3)CC2)cc1. The van der Waals surface area contributed by atoms with Crippen molar-refractivity contribution in [3.05, 3.63) is 93.9 Å². The number of amides is 1. The fourth-order valence-corrected chi connectivity index (χ4v) is 5.68. The van der Waals surface area contributed by atoms with Gasteiger partial charge >= 0.3 is 0 Å². The number of carbonyl (C=O) groups excluding carboxylic acids is 1. The van der Waals surface area contributed by atoms with Gasteiger partial charge in [0.2, 0.25) is 0 Å². The Hall–Kier alpha value is -3.51. The Morgan fingerprint density at radius 3 is 2.44 bits per heavy atom. The molecule has 202 valence electrons. The number of pyridine rings is 1. The van der Waals surface area contributed by atoms with Crippen molar-refractivity contribution in [3.8, 4) is 6.07 Å². The highest BCUT2D eigenvalue weighted by atomic mass is 35.5. The third-order valence-electron chi connectivity index (χ3n) is 7.66. The molecule has 1 aromatic heterocycles. The molecule has 2 saturated heterocycles. The van der Waals surface area contributed by atoms with Gasteiger partial charge < -0.3 is 10.2 Å². The monoisotopic (exact) mass is 546 g/mol. The number of halogens is 2. The van der Waals surface area contributed by atoms with E-state index >= 15 is 0 Å². The smallest absolute Gasteiger partial charge is 0.253 e. The Balaban J connectivity index is 1.08. The molecule has 0 atom stereocenters. The van der Waals surface area contributed by atoms with Gasteiger partial charge in [-0.15, -0.1) is 0 Å². The molecule has 39 heavy (non-hydrogen) atoms. The molecule has 3 heterocycles. The first-order valence-corrected chi connectivity index (χ1v) is 13.8. The number of hydrogen-bond acceptors (Lipinski definition) is 6. The molecular formula is C30H32ClFN6O. The number of piperidine rings is 1. The van der Waals surface area contributed by atoms with Crippen LogP contribution in [0.1, 0.15) is 39.9 Å². The summed E-state index contributed by atoms with van der Waals surface area (Å²) in [7, 11) is 0. The second kappa shape index (κ2) is 12.6. The van der Waals surface area contributed by atoms with Crippen molar-refractivity contribution in [2.24, 2.45) is 0 Å². The molecular weight excluding hydrogens is 515 g/mol. The van der Waals surface area contributed by atoms with E-state index in [2.05, 4.69) is 31.1 Å². The molecule has 0 aliphatic carbocycles. The molecule has 1 N–H and O–H groups in total. The fourth-order valence-electron chi connectivity index (χ4n) is 5.39. The van der Waals surface area contributed by atoms with Crippen molar-refractivity contribution >= 4 is 23.3 Å². The zero-order valence-electron chi connectivity index (χ0n) is 21.8. The van der Waals surface area contributed by atoms with E-state index in [9.17, 15) is 9.18 Å². The van der Waals surface area contributed by atoms with Gasteiger partial charge in [0.15, 0.2) is 0 Å². The first kappa shape index (κ1) is 27.1. The quantitative estimate of drug-likeness (QED) is 0.471. The van der Waals surface area contributed by atoms with Gasteiger partial charge in [0.05, 0.1) is 22.2 Å². The van der Waals surface area contributed by atoms with Crippen LogP contribution in [-0.4, -0.2) is 66.0 Å². The van der Waals surface area contributed by atoms with E-state index in [1.165, 1.54) is 17.8 Å². The van der Waals surface area contributed by atoms with Crippen LogP contribution < -0.4 is 10.2 Å². The molecule has 7 nitrogen and oxygen atoms in total. The van der Waals surface area contributed by atoms with Crippen LogP contribution in [0.2, 0.25) is 5.02 Å². The largest absolute Gasteiger partial charge is 0.353 e. The molecule has 2 aromatic carbocycles. The molecule has 2 aliphatic rings. The van der Waals surface area contributed by atoms with E-state index in [1.54, 1.807) is 24.3 Å². The Kier molecular flexibility index (Phi) is 8.72. The number of nitriles is 1. The summed E-state index contributed by atoms with van der Waals surface area (Å²) in [6.45, 7) is 6.71. The van der Waals surface area contributed by atoms with Gasteiger partial charge in [0.25, 0.3) is 5.91 Å². The van der Waals surface area contributed by atoms with Gasteiger partial charge in [0, 0.05) is 57.1 Å². The summed E-state index contributed by atoms with van der Waals surface area (Å²) >= 11 is 6.55. The molecule has 2 aliphatic heterocycles. The predicted molar refractivity (Wildman–Crippen MR) is 150 cm³/mol. The van der Waals surface area contributed by atoms with Crippen molar-refractivity contribution in [1.29, 1.82) is 5.26 Å². The molecule has 0 saturated carbocycles. The van der Waals surface area contributed by atoms with Gasteiger partial charge in [-0.1, -0.05) is 41.9 Å². The van der Waals surface area contributed by atoms with E-state index in [-0.39, 0.29) is 18.3 Å². The second-order valence-corrected chi connectivity index (χ2v) is 10.5. The van der Waals surface area contributed by atoms with Crippen LogP contribution in [0.4, 0.5) is 10.2 Å². The number of aromatic nitrogens is 1. The maximum Gasteiger partial charge on any atom is 0.253 e. The van der Waals surface area contributed by atoms with Crippen molar-refractivity contribution in [2.45, 2.75) is 32.0 Å². The molecule has 0 spiro atoms. The third kappa shape index (κ3) is 6.74. The summed E-state index contributed by atoms with van der Waals surface area (Å²) in [6, 6.07) is 18.6. The Bertz CT molecular complexity index is 1330. The van der Waals surface area contributed by atoms with Gasteiger partial charge in [-0.05, 0) is 55.8 Å². The zero-order chi connectivity index (χ0) is 27.2. The van der Waals surface area contributed by atoms with Crippen molar-refractivity contribution in [2.75, 3.05) is 44.2 Å². The molecule has 1 amide bonds. The lowest BCUT2D eigenvalue weighted by Crippen LogP contribution is -2.53. The summed E-state index contributed by atoms with van der Waals surface area (Å²) in [5.41, 5.74) is 2.73. The van der Waals surface area contributed by atoms with Crippen LogP contribution in [0, 0.1) is 17.1 Å². The number of nitrogens with zero attached hydrogens (tertiary/aromatic N) is 5. The topological polar surface area (TPSA) is 75.5 Å². The summed E-state index contributed by atoms with van der Waals surface area (Å²) in [5, 5.41) is 12.2. The van der Waals surface area contributed by atoms with Crippen LogP contribution in [0.5, 0.6) is 0 Å². The number of benzene rings is 2. The first-order chi connectivity index (χ1) is 19.0. The van der Waals surface area contributed by atoms with Crippen LogP contribution in [0.25, 0.3) is 0 Å². The number of rotatable bonds is 7. The molecule has 0 radical (unpaired) electrons. The Morgan fingerprint density at radius 2 is 1.77 bits per heavy atom. The number of anilines is 1. The minimum absolute atomic E-state index is 0.0984. The lowest BCUT2D eigenvalue weighted by molar-refractivity contribution is 0.0950. The van der Waals surface area contributed by atoms with E-state index in [0.717, 1.165) is 58.7 Å². The number of nitrogens with one attached hydrogen (secondary N) is 1. The molecule has 0 unspecified atom stereocenters. The summed E-state index contributed by atoms with van der Waals surface area (Å²) in [5.74, 6) is 0.00542. The van der Waals surface area contributed by atoms with Gasteiger partial charge in [0.1, 0.15) is 11.6 Å². The number of piperazine rings is 1. The maximum atomic E-state index is 13.8. The van der Waals surface area contributed by atoms with E-state index in [0.29, 0.717) is 33.6 Å². The van der Waals surface area contributed by atoms with E-state index in [1.807, 2.05) is 24.3 Å². The third-order valence-corrected chi connectivity index (χ3v) is 7.94. The average molecular weight is 547 g/mol. The lowest BCUT2D eigenvalue weighted by Gasteiger charge is -2.43. The Labute approximate surface area is 233 Å². The molecule has 3 aromatic rings. The van der Waals surface area contributed by atoms with Crippen LogP contribution in [-0.2, 0) is 13.1 Å². The van der Waals surface area contributed by atoms with Gasteiger partial charge in [-0.25, -0.2) is 9.37 Å². The molecule has 0 bridgehead atoms. The summed E-state index contributed by atoms with van der Waals surface area (Å²) < 4.78 is 13.8. The van der Waals surface area contributed by atoms with Gasteiger partial charge in [-0.2, -0.15) is 5.26 Å². The number of carbonyl (C=O) groups is 1. The standard InChI is InChI=1S/C30H32ClFN6O/c31-27-17-25(30(39)35-19-24-3-1-2-4-28(24)32)20-34-29(27)38-15-13-37(14-16-38)26-9-11-36(12-10-26)21-23-7-5-22(18-33)6-8-23/h1-8,17,20,26H,9-16,19,21H2,(H,35,39). The molecule has 2 fully saturated rings. The van der Waals surface area contributed by atoms with E-state index < -0.39 is 0 Å². The van der Waals surface area contributed by atoms with Gasteiger partial charge in [-0.3, -0.25) is 14.6 Å². The highest BCUT2D eigenvalue weighted by Crippen LogP contribution is 2.27. The summed E-state index contributed by atoms with van der Waals surface area (Å²) in [6.07, 6.45) is 3.83. The fraction of sp³-hybridized carbons (Fsp3) is 0.367. The maximum absolute atomic E-state index is 13.8. The average Bonchev–Trinajstić information content (AvgIpc) is 2.97. The summed E-state index contributed by atoms with van der Waals surface area (Å²) in [4.78, 5) is 24.3. The molecule has 5 rings (SSSR count). The number of hydrogen-bond donors (Lipinski definition) is 1. The van der Waals surface area contributed by atoms with Crippen molar-refractivity contribution in [1.82, 2.24) is 20.1 Å². The number of likely N-dealkylation sites (tertiary alicyclic amines) is 1. The minimum atomic E-state index is -0.350. The minimum Gasteiger partial charge on any atom is -0.353 e. The zero-order valence-corrected chi connectivity index (χ0v) is 22.6. The predicted octanol–water partition coefficient (Wildman–Crippen LogP) is 4.46. The highest BCUT2D eigenvalue weighted by Gasteiger charge is 2.28. The van der Waals surface area contributed by atoms with Crippen LogP contribution >= 0.6 is 11.6 Å². The first-order valence-electron chi connectivity index (χ1n) is 13.4. The normalized spacial score (nSPS) is 17.1. The second-order valence-electron chi connectivity index (χ2n) is 10.1. The van der Waals surface area contributed by atoms with Crippen molar-refractivity contribution < 1.29 is 9.18 Å².